The van der Waals surface area contributed by atoms with Crippen molar-refractivity contribution >= 4 is 5.78 Å². The number of aryl methyl sites for hydroxylation is 1. The van der Waals surface area contributed by atoms with Crippen molar-refractivity contribution in [2.75, 3.05) is 13.1 Å². The fraction of sp³-hybridized carbons (Fsp3) is 0.400. The Morgan fingerprint density at radius 3 is 2.67 bits per heavy atom. The average Bonchev–Trinajstić information content (AvgIpc) is 2.40. The first-order chi connectivity index (χ1) is 8.66. The fourth-order valence-electron chi connectivity index (χ4n) is 1.99. The molecule has 2 nitrogen and oxygen atoms in total. The van der Waals surface area contributed by atoms with Gasteiger partial charge >= 0.3 is 0 Å². The third-order valence-corrected chi connectivity index (χ3v) is 3.10. The number of hydrogen-bond acceptors (Lipinski definition) is 2. The number of hydrogen-bond donors (Lipinski definition) is 0. The highest BCUT2D eigenvalue weighted by atomic mass is 19.1. The Morgan fingerprint density at radius 2 is 2.00 bits per heavy atom. The Labute approximate surface area is 107 Å². The Morgan fingerprint density at radius 1 is 1.28 bits per heavy atom. The highest BCUT2D eigenvalue weighted by Gasteiger charge is 2.08. The number of ketones is 1. The standard InChI is InChI=1S/C15H16FNO/c1-12-11-13(5-6-14(12)16)15(18)7-10-17-8-3-2-4-9-17/h5-6,11H,2-4,8-9H2,1H3. The van der Waals surface area contributed by atoms with Gasteiger partial charge in [0.1, 0.15) is 5.82 Å². The summed E-state index contributed by atoms with van der Waals surface area (Å²) in [5.74, 6) is 2.09. The SMILES string of the molecule is Cc1cc(C(=O)C#CN2CCCCC2)ccc1F. The van der Waals surface area contributed by atoms with Crippen LogP contribution in [0.3, 0.4) is 0 Å². The number of benzene rings is 1. The molecule has 0 spiro atoms. The zero-order valence-electron chi connectivity index (χ0n) is 10.5. The maximum Gasteiger partial charge on any atom is 0.237 e. The molecular weight excluding hydrogens is 229 g/mol. The van der Waals surface area contributed by atoms with Crippen LogP contribution in [0.2, 0.25) is 0 Å². The molecule has 18 heavy (non-hydrogen) atoms. The number of piperidine rings is 1. The molecule has 1 aromatic carbocycles. The van der Waals surface area contributed by atoms with Gasteiger partial charge < -0.3 is 4.90 Å². The molecule has 0 aliphatic carbocycles. The summed E-state index contributed by atoms with van der Waals surface area (Å²) >= 11 is 0. The lowest BCUT2D eigenvalue weighted by Crippen LogP contribution is -2.25. The minimum atomic E-state index is -0.296. The van der Waals surface area contributed by atoms with Gasteiger partial charge in [-0.2, -0.15) is 0 Å². The lowest BCUT2D eigenvalue weighted by atomic mass is 10.1. The summed E-state index contributed by atoms with van der Waals surface area (Å²) in [5, 5.41) is 0. The van der Waals surface area contributed by atoms with E-state index >= 15 is 0 Å². The van der Waals surface area contributed by atoms with Crippen LogP contribution in [0.4, 0.5) is 4.39 Å². The summed E-state index contributed by atoms with van der Waals surface area (Å²) in [6, 6.07) is 7.23. The monoisotopic (exact) mass is 245 g/mol. The molecule has 94 valence electrons. The van der Waals surface area contributed by atoms with Crippen molar-refractivity contribution in [3.8, 4) is 12.0 Å². The molecule has 0 atom stereocenters. The van der Waals surface area contributed by atoms with Crippen LogP contribution in [0.5, 0.6) is 0 Å². The third-order valence-electron chi connectivity index (χ3n) is 3.10. The number of nitrogens with zero attached hydrogens (tertiary/aromatic N) is 1. The van der Waals surface area contributed by atoms with E-state index in [-0.39, 0.29) is 11.6 Å². The average molecular weight is 245 g/mol. The molecular formula is C15H16FNO. The lowest BCUT2D eigenvalue weighted by Gasteiger charge is -2.21. The van der Waals surface area contributed by atoms with Crippen molar-refractivity contribution in [3.05, 3.63) is 35.1 Å². The molecule has 0 amide bonds. The largest absolute Gasteiger partial charge is 0.332 e. The maximum absolute atomic E-state index is 13.1. The van der Waals surface area contributed by atoms with Crippen LogP contribution >= 0.6 is 0 Å². The zero-order valence-corrected chi connectivity index (χ0v) is 10.5. The van der Waals surface area contributed by atoms with Gasteiger partial charge in [-0.25, -0.2) is 4.39 Å². The molecule has 0 radical (unpaired) electrons. The molecule has 0 bridgehead atoms. The smallest absolute Gasteiger partial charge is 0.237 e. The van der Waals surface area contributed by atoms with Gasteiger partial charge in [-0.15, -0.1) is 0 Å². The lowest BCUT2D eigenvalue weighted by molar-refractivity contribution is 0.105. The second-order valence-corrected chi connectivity index (χ2v) is 4.58. The van der Waals surface area contributed by atoms with Crippen LogP contribution in [-0.2, 0) is 0 Å². The summed E-state index contributed by atoms with van der Waals surface area (Å²) < 4.78 is 13.1. The highest BCUT2D eigenvalue weighted by molar-refractivity contribution is 6.09. The van der Waals surface area contributed by atoms with Gasteiger partial charge in [0, 0.05) is 24.7 Å². The van der Waals surface area contributed by atoms with Gasteiger partial charge in [0.25, 0.3) is 0 Å². The van der Waals surface area contributed by atoms with Crippen molar-refractivity contribution in [2.45, 2.75) is 26.2 Å². The number of rotatable bonds is 1. The minimum absolute atomic E-state index is 0.247. The van der Waals surface area contributed by atoms with Gasteiger partial charge in [0.05, 0.1) is 0 Å². The first kappa shape index (κ1) is 12.6. The van der Waals surface area contributed by atoms with Gasteiger partial charge in [-0.3, -0.25) is 4.79 Å². The number of carbonyl (C=O) groups excluding carboxylic acids is 1. The number of carbonyl (C=O) groups is 1. The Hall–Kier alpha value is -1.82. The Balaban J connectivity index is 2.07. The third kappa shape index (κ3) is 3.10. The van der Waals surface area contributed by atoms with Gasteiger partial charge in [0.2, 0.25) is 5.78 Å². The van der Waals surface area contributed by atoms with Crippen LogP contribution < -0.4 is 0 Å². The van der Waals surface area contributed by atoms with Crippen molar-refractivity contribution < 1.29 is 9.18 Å². The van der Waals surface area contributed by atoms with E-state index in [1.807, 2.05) is 4.90 Å². The summed E-state index contributed by atoms with van der Waals surface area (Å²) in [6.07, 6.45) is 3.51. The second-order valence-electron chi connectivity index (χ2n) is 4.58. The molecule has 0 N–H and O–H groups in total. The molecule has 0 saturated carbocycles. The minimum Gasteiger partial charge on any atom is -0.332 e. The predicted molar refractivity (Wildman–Crippen MR) is 68.7 cm³/mol. The van der Waals surface area contributed by atoms with E-state index in [1.165, 1.54) is 18.6 Å². The van der Waals surface area contributed by atoms with Crippen molar-refractivity contribution in [1.82, 2.24) is 4.90 Å². The van der Waals surface area contributed by atoms with Crippen LogP contribution in [0.1, 0.15) is 35.2 Å². The topological polar surface area (TPSA) is 20.3 Å². The molecule has 1 aliphatic heterocycles. The van der Waals surface area contributed by atoms with Crippen LogP contribution in [0.25, 0.3) is 0 Å². The molecule has 0 unspecified atom stereocenters. The number of likely N-dealkylation sites (tertiary alicyclic amines) is 1. The predicted octanol–water partition coefficient (Wildman–Crippen LogP) is 2.76. The van der Waals surface area contributed by atoms with E-state index in [0.29, 0.717) is 11.1 Å². The van der Waals surface area contributed by atoms with Crippen molar-refractivity contribution in [2.24, 2.45) is 0 Å². The van der Waals surface area contributed by atoms with E-state index in [9.17, 15) is 9.18 Å². The Bertz CT molecular complexity index is 507. The molecule has 1 heterocycles. The summed E-state index contributed by atoms with van der Waals surface area (Å²) in [4.78, 5) is 13.8. The molecule has 3 heteroatoms. The Kier molecular flexibility index (Phi) is 3.99. The van der Waals surface area contributed by atoms with Crippen molar-refractivity contribution in [1.29, 1.82) is 0 Å². The van der Waals surface area contributed by atoms with E-state index in [2.05, 4.69) is 12.0 Å². The molecule has 1 fully saturated rings. The van der Waals surface area contributed by atoms with Crippen molar-refractivity contribution in [3.63, 3.8) is 0 Å². The first-order valence-corrected chi connectivity index (χ1v) is 6.24. The van der Waals surface area contributed by atoms with Gasteiger partial charge in [0.15, 0.2) is 0 Å². The first-order valence-electron chi connectivity index (χ1n) is 6.24. The molecule has 1 aliphatic rings. The molecule has 1 saturated heterocycles. The normalized spacial score (nSPS) is 14.9. The summed E-state index contributed by atoms with van der Waals surface area (Å²) in [5.41, 5.74) is 0.930. The van der Waals surface area contributed by atoms with E-state index in [0.717, 1.165) is 25.9 Å². The molecule has 1 aromatic rings. The highest BCUT2D eigenvalue weighted by Crippen LogP contribution is 2.10. The second kappa shape index (κ2) is 5.68. The van der Waals surface area contributed by atoms with E-state index in [1.54, 1.807) is 13.0 Å². The quantitative estimate of drug-likeness (QED) is 0.560. The van der Waals surface area contributed by atoms with Crippen LogP contribution in [0.15, 0.2) is 18.2 Å². The summed E-state index contributed by atoms with van der Waals surface area (Å²) in [7, 11) is 0. The van der Waals surface area contributed by atoms with E-state index in [4.69, 9.17) is 0 Å². The molecule has 2 rings (SSSR count). The number of Topliss-reactive ketones (excluding diaryl/α,β-unsaturated/α-hetero) is 1. The summed E-state index contributed by atoms with van der Waals surface area (Å²) in [6.45, 7) is 3.51. The van der Waals surface area contributed by atoms with Crippen LogP contribution in [-0.4, -0.2) is 23.8 Å². The molecule has 0 aromatic heterocycles. The van der Waals surface area contributed by atoms with Crippen LogP contribution in [0, 0.1) is 24.7 Å². The zero-order chi connectivity index (χ0) is 13.0. The fourth-order valence-corrected chi connectivity index (χ4v) is 1.99. The maximum atomic E-state index is 13.1. The van der Waals surface area contributed by atoms with Gasteiger partial charge in [-0.1, -0.05) is 0 Å². The number of halogens is 1. The van der Waals surface area contributed by atoms with Gasteiger partial charge in [-0.05, 0) is 55.9 Å². The van der Waals surface area contributed by atoms with E-state index < -0.39 is 0 Å².